The van der Waals surface area contributed by atoms with Gasteiger partial charge in [-0.25, -0.2) is 27.8 Å². The molecule has 2 aromatic heterocycles. The minimum Gasteiger partial charge on any atom is -0.437 e. The molecule has 0 amide bonds. The first-order valence-electron chi connectivity index (χ1n) is 13.2. The second-order valence-electron chi connectivity index (χ2n) is 9.91. The normalized spacial score (nSPS) is 15.9. The van der Waals surface area contributed by atoms with Crippen molar-refractivity contribution in [3.8, 4) is 22.9 Å². The minimum atomic E-state index is -4.65. The van der Waals surface area contributed by atoms with Crippen LogP contribution in [0.1, 0.15) is 24.8 Å². The Morgan fingerprint density at radius 1 is 1.10 bits per heavy atom. The lowest BCUT2D eigenvalue weighted by atomic mass is 10.0. The van der Waals surface area contributed by atoms with Crippen molar-refractivity contribution in [3.05, 3.63) is 66.2 Å². The highest BCUT2D eigenvalue weighted by molar-refractivity contribution is 7.92. The lowest BCUT2D eigenvalue weighted by Crippen LogP contribution is -2.38. The van der Waals surface area contributed by atoms with Crippen LogP contribution >= 0.6 is 0 Å². The maximum absolute atomic E-state index is 15.2. The van der Waals surface area contributed by atoms with E-state index in [-0.39, 0.29) is 34.3 Å². The summed E-state index contributed by atoms with van der Waals surface area (Å²) >= 11 is 0. The summed E-state index contributed by atoms with van der Waals surface area (Å²) in [6, 6.07) is 10.9. The van der Waals surface area contributed by atoms with E-state index < -0.39 is 34.2 Å². The molecule has 5 rings (SSSR count). The van der Waals surface area contributed by atoms with E-state index in [1.54, 1.807) is 30.5 Å². The van der Waals surface area contributed by atoms with Crippen LogP contribution in [0.2, 0.25) is 0 Å². The molecule has 0 radical (unpaired) electrons. The Morgan fingerprint density at radius 2 is 1.93 bits per heavy atom. The minimum absolute atomic E-state index is 0.0713. The van der Waals surface area contributed by atoms with Crippen LogP contribution in [-0.4, -0.2) is 54.4 Å². The zero-order chi connectivity index (χ0) is 29.9. The Morgan fingerprint density at radius 3 is 2.69 bits per heavy atom. The van der Waals surface area contributed by atoms with Gasteiger partial charge in [0, 0.05) is 41.3 Å². The molecule has 4 aromatic rings. The highest BCUT2D eigenvalue weighted by Gasteiger charge is 2.30. The first-order chi connectivity index (χ1) is 20.0. The number of alkyl halides is 3. The van der Waals surface area contributed by atoms with Crippen molar-refractivity contribution in [2.45, 2.75) is 38.4 Å². The van der Waals surface area contributed by atoms with E-state index in [9.17, 15) is 21.6 Å². The first-order valence-corrected chi connectivity index (χ1v) is 14.9. The summed E-state index contributed by atoms with van der Waals surface area (Å²) in [7, 11) is -4.38. The maximum Gasteiger partial charge on any atom is 0.390 e. The number of benzene rings is 2. The zero-order valence-corrected chi connectivity index (χ0v) is 23.3. The fourth-order valence-corrected chi connectivity index (χ4v) is 5.77. The van der Waals surface area contributed by atoms with Crippen LogP contribution in [0.3, 0.4) is 0 Å². The van der Waals surface area contributed by atoms with Crippen LogP contribution in [0.4, 0.5) is 29.2 Å². The summed E-state index contributed by atoms with van der Waals surface area (Å²) in [5.41, 5.74) is 1.07. The summed E-state index contributed by atoms with van der Waals surface area (Å²) < 4.78 is 86.2. The number of hydrogen-bond donors (Lipinski definition) is 3. The van der Waals surface area contributed by atoms with Gasteiger partial charge in [-0.15, -0.1) is 0 Å². The molecule has 3 heterocycles. The standard InChI is InChI=1S/C28H28F4N6O3S/c1-17-22(29)15-21-19(6-2-8-24(21)38-42(39,40)14-10-28(30,31)32)25(17)41-26-20(7-4-12-34-26)23-9-13-35-27(37-23)36-18-5-3-11-33-16-18/h2,4,6-9,12-13,15,18,33,38H,3,5,10-11,14,16H2,1H3,(H,35,36,37)/t18-/m0/s1. The third-order valence-electron chi connectivity index (χ3n) is 6.77. The fraction of sp³-hybridized carbons (Fsp3) is 0.321. The van der Waals surface area contributed by atoms with Gasteiger partial charge in [0.05, 0.1) is 29.1 Å². The van der Waals surface area contributed by atoms with Crippen LogP contribution in [-0.2, 0) is 10.0 Å². The molecule has 0 aliphatic carbocycles. The number of ether oxygens (including phenoxy) is 1. The molecule has 42 heavy (non-hydrogen) atoms. The zero-order valence-electron chi connectivity index (χ0n) is 22.5. The Balaban J connectivity index is 1.48. The van der Waals surface area contributed by atoms with Gasteiger partial charge in [0.25, 0.3) is 0 Å². The molecule has 0 saturated carbocycles. The highest BCUT2D eigenvalue weighted by Crippen LogP contribution is 2.40. The third kappa shape index (κ3) is 7.05. The first kappa shape index (κ1) is 29.5. The summed E-state index contributed by atoms with van der Waals surface area (Å²) in [4.78, 5) is 13.3. The van der Waals surface area contributed by atoms with Gasteiger partial charge in [-0.05, 0) is 56.6 Å². The average Bonchev–Trinajstić information content (AvgIpc) is 2.95. The van der Waals surface area contributed by atoms with Gasteiger partial charge in [0.1, 0.15) is 11.6 Å². The maximum atomic E-state index is 15.2. The molecule has 14 heteroatoms. The van der Waals surface area contributed by atoms with Crippen LogP contribution in [0.25, 0.3) is 22.0 Å². The number of aromatic nitrogens is 3. The number of nitrogens with zero attached hydrogens (tertiary/aromatic N) is 3. The van der Waals surface area contributed by atoms with Gasteiger partial charge in [0.2, 0.25) is 21.9 Å². The number of hydrogen-bond acceptors (Lipinski definition) is 8. The smallest absolute Gasteiger partial charge is 0.390 e. The monoisotopic (exact) mass is 604 g/mol. The molecule has 2 aromatic carbocycles. The number of rotatable bonds is 9. The molecule has 0 spiro atoms. The summed E-state index contributed by atoms with van der Waals surface area (Å²) in [6.45, 7) is 3.26. The Bertz CT molecular complexity index is 1700. The van der Waals surface area contributed by atoms with E-state index in [2.05, 4.69) is 30.3 Å². The van der Waals surface area contributed by atoms with Crippen LogP contribution in [0, 0.1) is 12.7 Å². The number of nitrogens with one attached hydrogen (secondary N) is 3. The topological polar surface area (TPSA) is 118 Å². The highest BCUT2D eigenvalue weighted by atomic mass is 32.2. The molecule has 1 aliphatic rings. The number of sulfonamides is 1. The van der Waals surface area contributed by atoms with Crippen molar-refractivity contribution >= 4 is 32.4 Å². The van der Waals surface area contributed by atoms with Gasteiger partial charge in [0.15, 0.2) is 0 Å². The molecule has 3 N–H and O–H groups in total. The van der Waals surface area contributed by atoms with Crippen molar-refractivity contribution < 1.29 is 30.7 Å². The molecule has 1 saturated heterocycles. The fourth-order valence-electron chi connectivity index (χ4n) is 4.65. The van der Waals surface area contributed by atoms with Crippen molar-refractivity contribution in [3.63, 3.8) is 0 Å². The van der Waals surface area contributed by atoms with E-state index in [1.807, 2.05) is 0 Å². The Kier molecular flexibility index (Phi) is 8.45. The summed E-state index contributed by atoms with van der Waals surface area (Å²) in [6.07, 6.45) is -1.04. The predicted molar refractivity (Wildman–Crippen MR) is 152 cm³/mol. The van der Waals surface area contributed by atoms with E-state index in [0.29, 0.717) is 22.6 Å². The number of pyridine rings is 1. The number of piperidine rings is 1. The number of halogens is 4. The molecule has 222 valence electrons. The van der Waals surface area contributed by atoms with Gasteiger partial charge >= 0.3 is 6.18 Å². The molecule has 0 bridgehead atoms. The summed E-state index contributed by atoms with van der Waals surface area (Å²) in [5, 5.41) is 7.10. The molecule has 1 atom stereocenters. The Hall–Kier alpha value is -4.04. The van der Waals surface area contributed by atoms with Gasteiger partial charge in [-0.1, -0.05) is 12.1 Å². The van der Waals surface area contributed by atoms with Crippen molar-refractivity contribution in [1.29, 1.82) is 0 Å². The quantitative estimate of drug-likeness (QED) is 0.206. The van der Waals surface area contributed by atoms with E-state index in [1.165, 1.54) is 25.3 Å². The molecule has 0 unspecified atom stereocenters. The second-order valence-corrected chi connectivity index (χ2v) is 11.8. The molecular weight excluding hydrogens is 576 g/mol. The number of anilines is 2. The van der Waals surface area contributed by atoms with Crippen molar-refractivity contribution in [2.24, 2.45) is 0 Å². The average molecular weight is 605 g/mol. The lowest BCUT2D eigenvalue weighted by molar-refractivity contribution is -0.129. The van der Waals surface area contributed by atoms with Crippen molar-refractivity contribution in [1.82, 2.24) is 20.3 Å². The van der Waals surface area contributed by atoms with Crippen molar-refractivity contribution in [2.75, 3.05) is 28.9 Å². The van der Waals surface area contributed by atoms with Crippen LogP contribution < -0.4 is 20.1 Å². The van der Waals surface area contributed by atoms with Crippen LogP contribution in [0.5, 0.6) is 11.6 Å². The molecule has 9 nitrogen and oxygen atoms in total. The summed E-state index contributed by atoms with van der Waals surface area (Å²) in [5.74, 6) is -1.25. The predicted octanol–water partition coefficient (Wildman–Crippen LogP) is 5.79. The number of fused-ring (bicyclic) bond motifs is 1. The van der Waals surface area contributed by atoms with E-state index >= 15 is 4.39 Å². The van der Waals surface area contributed by atoms with Gasteiger partial charge in [-0.3, -0.25) is 4.72 Å². The van der Waals surface area contributed by atoms with Crippen LogP contribution in [0.15, 0.2) is 54.9 Å². The molecule has 1 aliphatic heterocycles. The van der Waals surface area contributed by atoms with E-state index in [4.69, 9.17) is 4.74 Å². The molecular formula is C28H28F4N6O3S. The SMILES string of the molecule is Cc1c(F)cc2c(NS(=O)(=O)CCC(F)(F)F)cccc2c1Oc1ncccc1-c1ccnc(N[C@H]2CCCNC2)n1. The third-order valence-corrected chi connectivity index (χ3v) is 8.04. The molecule has 1 fully saturated rings. The van der Waals surface area contributed by atoms with Gasteiger partial charge in [-0.2, -0.15) is 13.2 Å². The second kappa shape index (κ2) is 12.1. The van der Waals surface area contributed by atoms with E-state index in [0.717, 1.165) is 32.0 Å². The Labute approximate surface area is 239 Å². The van der Waals surface area contributed by atoms with Gasteiger partial charge < -0.3 is 15.4 Å². The lowest BCUT2D eigenvalue weighted by Gasteiger charge is -2.23. The largest absolute Gasteiger partial charge is 0.437 e.